The molecule has 3 nitrogen and oxygen atoms in total. The molecule has 1 saturated heterocycles. The highest BCUT2D eigenvalue weighted by Gasteiger charge is 2.25. The summed E-state index contributed by atoms with van der Waals surface area (Å²) >= 11 is 5.29. The van der Waals surface area contributed by atoms with Crippen molar-refractivity contribution in [3.63, 3.8) is 0 Å². The fourth-order valence-electron chi connectivity index (χ4n) is 1.89. The van der Waals surface area contributed by atoms with E-state index in [1.54, 1.807) is 11.3 Å². The van der Waals surface area contributed by atoms with Crippen LogP contribution in [-0.4, -0.2) is 18.8 Å². The maximum absolute atomic E-state index is 5.64. The van der Waals surface area contributed by atoms with E-state index in [1.165, 1.54) is 9.35 Å². The number of hydrogen-bond acceptors (Lipinski definition) is 4. The van der Waals surface area contributed by atoms with E-state index in [9.17, 15) is 0 Å². The Labute approximate surface area is 102 Å². The van der Waals surface area contributed by atoms with Crippen molar-refractivity contribution < 1.29 is 4.74 Å². The summed E-state index contributed by atoms with van der Waals surface area (Å²) in [5.74, 6) is 5.58. The number of halogens is 1. The number of nitrogens with one attached hydrogen (secondary N) is 1. The third kappa shape index (κ3) is 2.79. The topological polar surface area (TPSA) is 47.3 Å². The molecule has 1 aliphatic heterocycles. The summed E-state index contributed by atoms with van der Waals surface area (Å²) < 4.78 is 6.81. The third-order valence-electron chi connectivity index (χ3n) is 2.72. The van der Waals surface area contributed by atoms with Crippen LogP contribution >= 0.6 is 27.3 Å². The van der Waals surface area contributed by atoms with Crippen LogP contribution in [0.3, 0.4) is 0 Å². The van der Waals surface area contributed by atoms with Gasteiger partial charge in [-0.25, -0.2) is 0 Å². The molecule has 3 N–H and O–H groups in total. The molecule has 2 rings (SSSR count). The Morgan fingerprint density at radius 3 is 3.13 bits per heavy atom. The van der Waals surface area contributed by atoms with Crippen molar-refractivity contribution in [3.8, 4) is 0 Å². The van der Waals surface area contributed by atoms with Crippen LogP contribution < -0.4 is 11.3 Å². The molecule has 0 spiro atoms. The van der Waals surface area contributed by atoms with Crippen molar-refractivity contribution in [2.75, 3.05) is 6.61 Å². The molecule has 0 saturated carbocycles. The Morgan fingerprint density at radius 2 is 2.60 bits per heavy atom. The van der Waals surface area contributed by atoms with E-state index in [-0.39, 0.29) is 12.1 Å². The van der Waals surface area contributed by atoms with Gasteiger partial charge in [0.05, 0.1) is 12.1 Å². The van der Waals surface area contributed by atoms with E-state index in [0.29, 0.717) is 0 Å². The lowest BCUT2D eigenvalue weighted by molar-refractivity contribution is 0.0786. The zero-order chi connectivity index (χ0) is 10.7. The molecular formula is C10H15BrN2OS. The van der Waals surface area contributed by atoms with Gasteiger partial charge in [0.2, 0.25) is 0 Å². The maximum atomic E-state index is 5.64. The lowest BCUT2D eigenvalue weighted by atomic mass is 10.0. The number of thiophene rings is 1. The molecule has 0 bridgehead atoms. The average Bonchev–Trinajstić information content (AvgIpc) is 2.86. The summed E-state index contributed by atoms with van der Waals surface area (Å²) in [5.41, 5.74) is 2.87. The van der Waals surface area contributed by atoms with E-state index < -0.39 is 0 Å². The normalized spacial score (nSPS) is 23.2. The first-order valence-electron chi connectivity index (χ1n) is 5.11. The molecule has 2 atom stereocenters. The summed E-state index contributed by atoms with van der Waals surface area (Å²) in [6, 6.07) is 2.30. The molecule has 2 unspecified atom stereocenters. The molecule has 0 radical (unpaired) electrons. The third-order valence-corrected chi connectivity index (χ3v) is 4.67. The minimum atomic E-state index is 0.224. The molecule has 1 aromatic rings. The van der Waals surface area contributed by atoms with Gasteiger partial charge in [-0.15, -0.1) is 11.3 Å². The Morgan fingerprint density at radius 1 is 1.73 bits per heavy atom. The van der Waals surface area contributed by atoms with Crippen LogP contribution in [0.1, 0.15) is 17.7 Å². The molecule has 0 amide bonds. The average molecular weight is 291 g/mol. The second-order valence-corrected chi connectivity index (χ2v) is 5.58. The first-order valence-corrected chi connectivity index (χ1v) is 6.78. The first kappa shape index (κ1) is 11.5. The van der Waals surface area contributed by atoms with Gasteiger partial charge in [-0.1, -0.05) is 0 Å². The number of nitrogens with two attached hydrogens (primary N) is 1. The second kappa shape index (κ2) is 5.41. The number of hydrogen-bond donors (Lipinski definition) is 2. The SMILES string of the molecule is NNC(Cc1sccc1Br)C1CCCO1. The van der Waals surface area contributed by atoms with Crippen LogP contribution in [0.25, 0.3) is 0 Å². The highest BCUT2D eigenvalue weighted by atomic mass is 79.9. The number of ether oxygens (including phenoxy) is 1. The highest BCUT2D eigenvalue weighted by Crippen LogP contribution is 2.26. The van der Waals surface area contributed by atoms with E-state index in [0.717, 1.165) is 25.9 Å². The molecule has 84 valence electrons. The lowest BCUT2D eigenvalue weighted by Crippen LogP contribution is -2.45. The van der Waals surface area contributed by atoms with Crippen molar-refractivity contribution in [2.45, 2.75) is 31.4 Å². The van der Waals surface area contributed by atoms with Crippen molar-refractivity contribution in [1.29, 1.82) is 0 Å². The Kier molecular flexibility index (Phi) is 4.16. The van der Waals surface area contributed by atoms with Crippen molar-refractivity contribution in [2.24, 2.45) is 5.84 Å². The zero-order valence-corrected chi connectivity index (χ0v) is 10.8. The van der Waals surface area contributed by atoms with E-state index in [1.807, 2.05) is 0 Å². The standard InChI is InChI=1S/C10H15BrN2OS/c11-7-3-5-15-10(7)6-8(13-12)9-2-1-4-14-9/h3,5,8-9,13H,1-2,4,6,12H2. The Hall–Kier alpha value is 0.0600. The van der Waals surface area contributed by atoms with Crippen LogP contribution in [0.2, 0.25) is 0 Å². The summed E-state index contributed by atoms with van der Waals surface area (Å²) in [7, 11) is 0. The highest BCUT2D eigenvalue weighted by molar-refractivity contribution is 9.10. The fourth-order valence-corrected chi connectivity index (χ4v) is 3.46. The minimum Gasteiger partial charge on any atom is -0.377 e. The maximum Gasteiger partial charge on any atom is 0.0745 e. The van der Waals surface area contributed by atoms with E-state index >= 15 is 0 Å². The molecule has 0 aromatic carbocycles. The number of rotatable bonds is 4. The van der Waals surface area contributed by atoms with Gasteiger partial charge in [-0.2, -0.15) is 0 Å². The van der Waals surface area contributed by atoms with Crippen molar-refractivity contribution in [3.05, 3.63) is 20.8 Å². The smallest absolute Gasteiger partial charge is 0.0745 e. The van der Waals surface area contributed by atoms with E-state index in [4.69, 9.17) is 10.6 Å². The Balaban J connectivity index is 1.98. The minimum absolute atomic E-state index is 0.224. The molecule has 1 aliphatic rings. The van der Waals surface area contributed by atoms with Crippen LogP contribution in [0.4, 0.5) is 0 Å². The van der Waals surface area contributed by atoms with Gasteiger partial charge in [0, 0.05) is 22.4 Å². The van der Waals surface area contributed by atoms with Crippen LogP contribution in [-0.2, 0) is 11.2 Å². The predicted molar refractivity (Wildman–Crippen MR) is 65.8 cm³/mol. The fraction of sp³-hybridized carbons (Fsp3) is 0.600. The van der Waals surface area contributed by atoms with E-state index in [2.05, 4.69) is 32.8 Å². The largest absolute Gasteiger partial charge is 0.377 e. The molecule has 2 heterocycles. The summed E-state index contributed by atoms with van der Waals surface area (Å²) in [6.45, 7) is 0.870. The van der Waals surface area contributed by atoms with Crippen LogP contribution in [0, 0.1) is 0 Å². The Bertz CT molecular complexity index is 312. The van der Waals surface area contributed by atoms with Gasteiger partial charge < -0.3 is 4.74 Å². The quantitative estimate of drug-likeness (QED) is 0.659. The van der Waals surface area contributed by atoms with Crippen LogP contribution in [0.15, 0.2) is 15.9 Å². The molecule has 1 fully saturated rings. The van der Waals surface area contributed by atoms with Gasteiger partial charge >= 0.3 is 0 Å². The monoisotopic (exact) mass is 290 g/mol. The van der Waals surface area contributed by atoms with Gasteiger partial charge in [-0.3, -0.25) is 11.3 Å². The second-order valence-electron chi connectivity index (χ2n) is 3.72. The molecular weight excluding hydrogens is 276 g/mol. The number of hydrazine groups is 1. The van der Waals surface area contributed by atoms with Gasteiger partial charge in [-0.05, 0) is 40.2 Å². The molecule has 15 heavy (non-hydrogen) atoms. The molecule has 1 aromatic heterocycles. The molecule has 5 heteroatoms. The van der Waals surface area contributed by atoms with Crippen molar-refractivity contribution >= 4 is 27.3 Å². The lowest BCUT2D eigenvalue weighted by Gasteiger charge is -2.21. The predicted octanol–water partition coefficient (Wildman–Crippen LogP) is 2.06. The van der Waals surface area contributed by atoms with Crippen LogP contribution in [0.5, 0.6) is 0 Å². The van der Waals surface area contributed by atoms with Gasteiger partial charge in [0.25, 0.3) is 0 Å². The molecule has 0 aliphatic carbocycles. The van der Waals surface area contributed by atoms with Gasteiger partial charge in [0.15, 0.2) is 0 Å². The summed E-state index contributed by atoms with van der Waals surface area (Å²) in [5, 5.41) is 2.09. The zero-order valence-electron chi connectivity index (χ0n) is 8.41. The van der Waals surface area contributed by atoms with Crippen molar-refractivity contribution in [1.82, 2.24) is 5.43 Å². The summed E-state index contributed by atoms with van der Waals surface area (Å²) in [6.07, 6.45) is 3.45. The first-order chi connectivity index (χ1) is 7.31. The van der Waals surface area contributed by atoms with Gasteiger partial charge in [0.1, 0.15) is 0 Å². The summed E-state index contributed by atoms with van der Waals surface area (Å²) in [4.78, 5) is 1.33.